The van der Waals surface area contributed by atoms with Gasteiger partial charge in [-0.05, 0) is 54.5 Å². The van der Waals surface area contributed by atoms with E-state index in [0.29, 0.717) is 30.9 Å². The number of piperidine rings is 1. The number of benzene rings is 1. The lowest BCUT2D eigenvalue weighted by Gasteiger charge is -2.25. The fraction of sp³-hybridized carbons (Fsp3) is 0.429. The van der Waals surface area contributed by atoms with Gasteiger partial charge < -0.3 is 10.6 Å². The fourth-order valence-electron chi connectivity index (χ4n) is 3.32. The maximum absolute atomic E-state index is 13.0. The lowest BCUT2D eigenvalue weighted by Crippen LogP contribution is -2.36. The number of amides is 2. The van der Waals surface area contributed by atoms with Gasteiger partial charge in [0, 0.05) is 30.9 Å². The largest absolute Gasteiger partial charge is 0.326 e. The molecule has 1 fully saturated rings. The minimum Gasteiger partial charge on any atom is -0.326 e. The van der Waals surface area contributed by atoms with Crippen LogP contribution in [0.15, 0.2) is 40.6 Å². The van der Waals surface area contributed by atoms with Crippen LogP contribution in [-0.4, -0.2) is 37.6 Å². The molecule has 2 N–H and O–H groups in total. The summed E-state index contributed by atoms with van der Waals surface area (Å²) in [4.78, 5) is 24.9. The molecule has 1 aromatic carbocycles. The van der Waals surface area contributed by atoms with Crippen molar-refractivity contribution < 1.29 is 18.0 Å². The van der Waals surface area contributed by atoms with Crippen molar-refractivity contribution in [3.63, 3.8) is 0 Å². The maximum Gasteiger partial charge on any atom is 0.267 e. The number of anilines is 2. The summed E-state index contributed by atoms with van der Waals surface area (Å²) >= 11 is 1.11. The Bertz CT molecular complexity index is 992. The lowest BCUT2D eigenvalue weighted by molar-refractivity contribution is -0.116. The van der Waals surface area contributed by atoms with E-state index in [-0.39, 0.29) is 21.6 Å². The molecule has 0 spiro atoms. The van der Waals surface area contributed by atoms with Gasteiger partial charge >= 0.3 is 0 Å². The second-order valence-corrected chi connectivity index (χ2v) is 10.6. The van der Waals surface area contributed by atoms with Gasteiger partial charge in [-0.25, -0.2) is 8.42 Å². The molecule has 1 aliphatic heterocycles. The van der Waals surface area contributed by atoms with Gasteiger partial charge in [0.05, 0.1) is 0 Å². The fourth-order valence-corrected chi connectivity index (χ4v) is 6.13. The molecule has 0 saturated carbocycles. The minimum atomic E-state index is -3.68. The quantitative estimate of drug-likeness (QED) is 0.663. The zero-order valence-electron chi connectivity index (χ0n) is 17.2. The molecule has 9 heteroatoms. The van der Waals surface area contributed by atoms with Crippen LogP contribution in [0.5, 0.6) is 0 Å². The van der Waals surface area contributed by atoms with Crippen LogP contribution >= 0.6 is 11.3 Å². The van der Waals surface area contributed by atoms with E-state index in [1.54, 1.807) is 29.6 Å². The van der Waals surface area contributed by atoms with Gasteiger partial charge in [-0.15, -0.1) is 11.3 Å². The molecule has 30 heavy (non-hydrogen) atoms. The summed E-state index contributed by atoms with van der Waals surface area (Å²) in [6.45, 7) is 4.93. The summed E-state index contributed by atoms with van der Waals surface area (Å²) in [7, 11) is -3.68. The monoisotopic (exact) mass is 449 g/mol. The van der Waals surface area contributed by atoms with Crippen molar-refractivity contribution >= 4 is 44.5 Å². The van der Waals surface area contributed by atoms with E-state index in [9.17, 15) is 18.0 Å². The van der Waals surface area contributed by atoms with Gasteiger partial charge in [0.15, 0.2) is 0 Å². The normalized spacial score (nSPS) is 15.2. The van der Waals surface area contributed by atoms with E-state index in [2.05, 4.69) is 10.6 Å². The summed E-state index contributed by atoms with van der Waals surface area (Å²) in [6, 6.07) is 8.25. The number of thiophene rings is 1. The van der Waals surface area contributed by atoms with Crippen molar-refractivity contribution in [3.8, 4) is 0 Å². The molecular formula is C21H27N3O4S2. The van der Waals surface area contributed by atoms with E-state index < -0.39 is 15.9 Å². The Hall–Kier alpha value is -2.23. The van der Waals surface area contributed by atoms with Crippen molar-refractivity contribution in [1.82, 2.24) is 4.31 Å². The van der Waals surface area contributed by atoms with E-state index in [1.165, 1.54) is 10.4 Å². The summed E-state index contributed by atoms with van der Waals surface area (Å²) in [6.07, 6.45) is 3.14. The summed E-state index contributed by atoms with van der Waals surface area (Å²) in [5, 5.41) is 7.18. The second kappa shape index (κ2) is 9.72. The van der Waals surface area contributed by atoms with Crippen molar-refractivity contribution in [2.24, 2.45) is 5.92 Å². The average molecular weight is 450 g/mol. The number of carbonyl (C=O) groups excluding carboxylic acids is 2. The summed E-state index contributed by atoms with van der Waals surface area (Å²) in [5.74, 6) is -0.255. The van der Waals surface area contributed by atoms with E-state index in [4.69, 9.17) is 0 Å². The first-order valence-electron chi connectivity index (χ1n) is 10.1. The Labute approximate surface area is 181 Å². The lowest BCUT2D eigenvalue weighted by atomic mass is 10.1. The Balaban J connectivity index is 1.69. The van der Waals surface area contributed by atoms with Crippen molar-refractivity contribution in [2.75, 3.05) is 23.7 Å². The predicted molar refractivity (Wildman–Crippen MR) is 119 cm³/mol. The molecule has 0 aliphatic carbocycles. The third kappa shape index (κ3) is 5.47. The highest BCUT2D eigenvalue weighted by Gasteiger charge is 2.31. The van der Waals surface area contributed by atoms with Crippen LogP contribution < -0.4 is 10.6 Å². The molecule has 1 aliphatic rings. The Morgan fingerprint density at radius 2 is 1.60 bits per heavy atom. The molecule has 2 aromatic rings. The molecule has 2 amide bonds. The minimum absolute atomic E-state index is 0.0597. The molecule has 1 saturated heterocycles. The molecule has 3 rings (SSSR count). The van der Waals surface area contributed by atoms with E-state index in [0.717, 1.165) is 30.6 Å². The maximum atomic E-state index is 13.0. The van der Waals surface area contributed by atoms with Crippen molar-refractivity contribution in [2.45, 2.75) is 44.4 Å². The Kier molecular flexibility index (Phi) is 7.27. The van der Waals surface area contributed by atoms with Crippen molar-refractivity contribution in [1.29, 1.82) is 0 Å². The summed E-state index contributed by atoms with van der Waals surface area (Å²) in [5.41, 5.74) is 1.17. The van der Waals surface area contributed by atoms with Gasteiger partial charge in [0.2, 0.25) is 15.9 Å². The number of hydrogen-bond donors (Lipinski definition) is 2. The Morgan fingerprint density at radius 3 is 2.20 bits per heavy atom. The predicted octanol–water partition coefficient (Wildman–Crippen LogP) is 4.16. The molecular weight excluding hydrogens is 422 g/mol. The van der Waals surface area contributed by atoms with Gasteiger partial charge in [-0.2, -0.15) is 4.31 Å². The van der Waals surface area contributed by atoms with Gasteiger partial charge in [0.25, 0.3) is 5.91 Å². The standard InChI is InChI=1S/C21H27N3O4S2/c1-15(2)14-19(25)22-16-6-8-17(9-7-16)23-21(26)20-18(10-13-29-20)30(27,28)24-11-4-3-5-12-24/h6-10,13,15H,3-5,11-12,14H2,1-2H3,(H,22,25)(H,23,26). The van der Waals surface area contributed by atoms with Gasteiger partial charge in [-0.3, -0.25) is 9.59 Å². The highest BCUT2D eigenvalue weighted by Crippen LogP contribution is 2.28. The molecule has 7 nitrogen and oxygen atoms in total. The highest BCUT2D eigenvalue weighted by atomic mass is 32.2. The SMILES string of the molecule is CC(C)CC(=O)Nc1ccc(NC(=O)c2sccc2S(=O)(=O)N2CCCCC2)cc1. The molecule has 0 atom stereocenters. The molecule has 0 bridgehead atoms. The van der Waals surface area contributed by atoms with Crippen LogP contribution in [0.1, 0.15) is 49.2 Å². The molecule has 0 radical (unpaired) electrons. The smallest absolute Gasteiger partial charge is 0.267 e. The third-order valence-corrected chi connectivity index (χ3v) is 7.77. The average Bonchev–Trinajstić information content (AvgIpc) is 3.20. The molecule has 1 aromatic heterocycles. The van der Waals surface area contributed by atoms with Crippen LogP contribution in [0.4, 0.5) is 11.4 Å². The van der Waals surface area contributed by atoms with Crippen LogP contribution in [-0.2, 0) is 14.8 Å². The van der Waals surface area contributed by atoms with Crippen LogP contribution in [0.3, 0.4) is 0 Å². The number of sulfonamides is 1. The number of hydrogen-bond acceptors (Lipinski definition) is 5. The van der Waals surface area contributed by atoms with E-state index in [1.807, 2.05) is 13.8 Å². The molecule has 0 unspecified atom stereocenters. The number of nitrogens with one attached hydrogen (secondary N) is 2. The first-order valence-corrected chi connectivity index (χ1v) is 12.4. The Morgan fingerprint density at radius 1 is 1.00 bits per heavy atom. The number of rotatable bonds is 7. The molecule has 2 heterocycles. The van der Waals surface area contributed by atoms with E-state index >= 15 is 0 Å². The topological polar surface area (TPSA) is 95.6 Å². The van der Waals surface area contributed by atoms with Crippen LogP contribution in [0.2, 0.25) is 0 Å². The van der Waals surface area contributed by atoms with Crippen LogP contribution in [0.25, 0.3) is 0 Å². The van der Waals surface area contributed by atoms with Crippen molar-refractivity contribution in [3.05, 3.63) is 40.6 Å². The van der Waals surface area contributed by atoms with Gasteiger partial charge in [-0.1, -0.05) is 20.3 Å². The second-order valence-electron chi connectivity index (χ2n) is 7.76. The first-order chi connectivity index (χ1) is 14.3. The van der Waals surface area contributed by atoms with Gasteiger partial charge in [0.1, 0.15) is 9.77 Å². The number of carbonyl (C=O) groups is 2. The first kappa shape index (κ1) is 22.5. The number of nitrogens with zero attached hydrogens (tertiary/aromatic N) is 1. The zero-order chi connectivity index (χ0) is 21.7. The zero-order valence-corrected chi connectivity index (χ0v) is 18.8. The molecule has 162 valence electrons. The third-order valence-electron chi connectivity index (χ3n) is 4.79. The van der Waals surface area contributed by atoms with Crippen LogP contribution in [0, 0.1) is 5.92 Å². The summed E-state index contributed by atoms with van der Waals surface area (Å²) < 4.78 is 27.4. The highest BCUT2D eigenvalue weighted by molar-refractivity contribution is 7.89.